The molecule has 1 amide bonds. The molecule has 4 rings (SSSR count). The van der Waals surface area contributed by atoms with Crippen LogP contribution in [0.4, 0.5) is 0 Å². The van der Waals surface area contributed by atoms with E-state index >= 15 is 0 Å². The molecule has 0 unspecified atom stereocenters. The van der Waals surface area contributed by atoms with Gasteiger partial charge in [0.15, 0.2) is 0 Å². The molecule has 25 heavy (non-hydrogen) atoms. The van der Waals surface area contributed by atoms with Gasteiger partial charge in [0.1, 0.15) is 11.4 Å². The van der Waals surface area contributed by atoms with Gasteiger partial charge < -0.3 is 5.32 Å². The molecule has 0 fully saturated rings. The zero-order valence-corrected chi connectivity index (χ0v) is 13.9. The minimum atomic E-state index is -0.236. The molecule has 7 nitrogen and oxygen atoms in total. The van der Waals surface area contributed by atoms with Crippen molar-refractivity contribution in [2.75, 3.05) is 0 Å². The highest BCUT2D eigenvalue weighted by Gasteiger charge is 2.12. The van der Waals surface area contributed by atoms with E-state index in [4.69, 9.17) is 0 Å². The van der Waals surface area contributed by atoms with Crippen molar-refractivity contribution in [1.29, 1.82) is 0 Å². The monoisotopic (exact) mass is 350 g/mol. The Bertz CT molecular complexity index is 974. The first-order chi connectivity index (χ1) is 12.3. The van der Waals surface area contributed by atoms with Gasteiger partial charge in [-0.2, -0.15) is 16.4 Å². The van der Waals surface area contributed by atoms with Gasteiger partial charge in [0.2, 0.25) is 0 Å². The Morgan fingerprint density at radius 3 is 2.92 bits per heavy atom. The number of nitrogens with zero attached hydrogens (tertiary/aromatic N) is 4. The number of amides is 1. The van der Waals surface area contributed by atoms with Gasteiger partial charge in [-0.25, -0.2) is 4.68 Å². The first kappa shape index (κ1) is 15.3. The van der Waals surface area contributed by atoms with Crippen LogP contribution in [0.15, 0.2) is 59.4 Å². The highest BCUT2D eigenvalue weighted by atomic mass is 32.1. The lowest BCUT2D eigenvalue weighted by molar-refractivity contribution is 0.0945. The number of H-pyrrole nitrogens is 1. The molecule has 4 aromatic rings. The van der Waals surface area contributed by atoms with Gasteiger partial charge in [-0.15, -0.1) is 5.10 Å². The van der Waals surface area contributed by atoms with Crippen LogP contribution >= 0.6 is 11.3 Å². The number of aromatic nitrogens is 5. The maximum atomic E-state index is 12.3. The van der Waals surface area contributed by atoms with E-state index in [0.717, 1.165) is 16.9 Å². The summed E-state index contributed by atoms with van der Waals surface area (Å²) in [5.41, 5.74) is 3.73. The highest BCUT2D eigenvalue weighted by molar-refractivity contribution is 7.08. The van der Waals surface area contributed by atoms with Crippen molar-refractivity contribution < 1.29 is 4.79 Å². The van der Waals surface area contributed by atoms with Crippen LogP contribution in [0.2, 0.25) is 0 Å². The maximum absolute atomic E-state index is 12.3. The summed E-state index contributed by atoms with van der Waals surface area (Å²) in [5.74, 6) is -0.236. The Kier molecular flexibility index (Phi) is 4.09. The number of aromatic amines is 1. The number of hydrogen-bond donors (Lipinski definition) is 2. The van der Waals surface area contributed by atoms with Gasteiger partial charge in [-0.1, -0.05) is 35.5 Å². The third-order valence-electron chi connectivity index (χ3n) is 3.63. The zero-order valence-electron chi connectivity index (χ0n) is 13.1. The summed E-state index contributed by atoms with van der Waals surface area (Å²) in [5, 5.41) is 21.8. The minimum absolute atomic E-state index is 0.236. The van der Waals surface area contributed by atoms with E-state index in [0.29, 0.717) is 17.9 Å². The predicted molar refractivity (Wildman–Crippen MR) is 94.4 cm³/mol. The van der Waals surface area contributed by atoms with Crippen LogP contribution in [-0.2, 0) is 6.54 Å². The molecule has 3 aromatic heterocycles. The van der Waals surface area contributed by atoms with Gasteiger partial charge in [-0.3, -0.25) is 9.89 Å². The fraction of sp³-hybridized carbons (Fsp3) is 0.0588. The smallest absolute Gasteiger partial charge is 0.269 e. The quantitative estimate of drug-likeness (QED) is 0.579. The van der Waals surface area contributed by atoms with E-state index in [2.05, 4.69) is 25.8 Å². The Labute approximate surface area is 147 Å². The third kappa shape index (κ3) is 3.33. The summed E-state index contributed by atoms with van der Waals surface area (Å²) in [6, 6.07) is 13.4. The van der Waals surface area contributed by atoms with Crippen LogP contribution in [0.3, 0.4) is 0 Å². The second-order valence-corrected chi connectivity index (χ2v) is 6.13. The lowest BCUT2D eigenvalue weighted by atomic mass is 10.1. The second-order valence-electron chi connectivity index (χ2n) is 5.35. The summed E-state index contributed by atoms with van der Waals surface area (Å²) < 4.78 is 1.68. The van der Waals surface area contributed by atoms with Crippen molar-refractivity contribution in [2.45, 2.75) is 6.54 Å². The highest BCUT2D eigenvalue weighted by Crippen LogP contribution is 2.17. The molecule has 0 saturated heterocycles. The number of carbonyl (C=O) groups excluding carboxylic acids is 1. The molecule has 0 aliphatic rings. The Morgan fingerprint density at radius 1 is 1.24 bits per heavy atom. The van der Waals surface area contributed by atoms with Crippen LogP contribution in [0.25, 0.3) is 16.9 Å². The van der Waals surface area contributed by atoms with E-state index in [1.807, 2.05) is 47.2 Å². The first-order valence-corrected chi connectivity index (χ1v) is 8.57. The second kappa shape index (κ2) is 6.70. The molecule has 0 atom stereocenters. The Balaban J connectivity index is 1.40. The van der Waals surface area contributed by atoms with Crippen molar-refractivity contribution in [3.8, 4) is 16.9 Å². The maximum Gasteiger partial charge on any atom is 0.269 e. The topological polar surface area (TPSA) is 88.5 Å². The lowest BCUT2D eigenvalue weighted by Crippen LogP contribution is -2.23. The number of thiophene rings is 1. The van der Waals surface area contributed by atoms with E-state index in [1.165, 1.54) is 0 Å². The van der Waals surface area contributed by atoms with Crippen molar-refractivity contribution in [3.63, 3.8) is 0 Å². The summed E-state index contributed by atoms with van der Waals surface area (Å²) in [6.45, 7) is 0.294. The van der Waals surface area contributed by atoms with E-state index < -0.39 is 0 Å². The molecule has 0 saturated carbocycles. The van der Waals surface area contributed by atoms with Gasteiger partial charge in [0.25, 0.3) is 5.91 Å². The fourth-order valence-corrected chi connectivity index (χ4v) is 2.98. The van der Waals surface area contributed by atoms with Crippen molar-refractivity contribution in [3.05, 3.63) is 70.8 Å². The summed E-state index contributed by atoms with van der Waals surface area (Å²) in [7, 11) is 0. The summed E-state index contributed by atoms with van der Waals surface area (Å²) in [6.07, 6.45) is 1.80. The van der Waals surface area contributed by atoms with Crippen LogP contribution in [0.1, 0.15) is 16.2 Å². The fourth-order valence-electron chi connectivity index (χ4n) is 2.35. The Hall–Kier alpha value is -3.26. The number of rotatable bonds is 5. The van der Waals surface area contributed by atoms with E-state index in [9.17, 15) is 4.79 Å². The molecule has 1 aromatic carbocycles. The number of benzene rings is 1. The first-order valence-electron chi connectivity index (χ1n) is 7.62. The molecule has 0 aliphatic heterocycles. The van der Waals surface area contributed by atoms with Crippen LogP contribution in [-0.4, -0.2) is 31.1 Å². The summed E-state index contributed by atoms with van der Waals surface area (Å²) >= 11 is 1.59. The SMILES string of the molecule is O=C(NCc1cn(-c2ccsc2)nn1)c1cc(-c2ccccc2)n[nH]1. The van der Waals surface area contributed by atoms with Gasteiger partial charge >= 0.3 is 0 Å². The van der Waals surface area contributed by atoms with Crippen LogP contribution in [0.5, 0.6) is 0 Å². The minimum Gasteiger partial charge on any atom is -0.345 e. The normalized spacial score (nSPS) is 10.7. The molecule has 124 valence electrons. The lowest BCUT2D eigenvalue weighted by Gasteiger charge is -1.99. The zero-order chi connectivity index (χ0) is 17.1. The third-order valence-corrected chi connectivity index (χ3v) is 4.30. The van der Waals surface area contributed by atoms with Crippen LogP contribution in [0, 0.1) is 0 Å². The molecular formula is C17H14N6OS. The average molecular weight is 350 g/mol. The molecule has 0 aliphatic carbocycles. The summed E-state index contributed by atoms with van der Waals surface area (Å²) in [4.78, 5) is 12.3. The molecular weight excluding hydrogens is 336 g/mol. The molecule has 2 N–H and O–H groups in total. The van der Waals surface area contributed by atoms with Crippen molar-refractivity contribution >= 4 is 17.2 Å². The van der Waals surface area contributed by atoms with Crippen LogP contribution < -0.4 is 5.32 Å². The van der Waals surface area contributed by atoms with E-state index in [1.54, 1.807) is 28.3 Å². The largest absolute Gasteiger partial charge is 0.345 e. The van der Waals surface area contributed by atoms with E-state index in [-0.39, 0.29) is 5.91 Å². The number of carbonyl (C=O) groups is 1. The molecule has 3 heterocycles. The number of nitrogens with one attached hydrogen (secondary N) is 2. The average Bonchev–Trinajstić information content (AvgIpc) is 3.41. The molecule has 0 radical (unpaired) electrons. The molecule has 0 spiro atoms. The van der Waals surface area contributed by atoms with Crippen molar-refractivity contribution in [1.82, 2.24) is 30.5 Å². The predicted octanol–water partition coefficient (Wildman–Crippen LogP) is 2.65. The van der Waals surface area contributed by atoms with Gasteiger partial charge in [0, 0.05) is 10.9 Å². The Morgan fingerprint density at radius 2 is 2.12 bits per heavy atom. The molecule has 8 heteroatoms. The van der Waals surface area contributed by atoms with Crippen molar-refractivity contribution in [2.24, 2.45) is 0 Å². The van der Waals surface area contributed by atoms with Gasteiger partial charge in [-0.05, 0) is 17.5 Å². The van der Waals surface area contributed by atoms with Gasteiger partial charge in [0.05, 0.1) is 24.1 Å². The molecule has 0 bridgehead atoms. The standard InChI is InChI=1S/C17H14N6OS/c24-17(16-8-15(20-21-16)12-4-2-1-3-5-12)18-9-13-10-23(22-19-13)14-6-7-25-11-14/h1-8,10-11H,9H2,(H,18,24)(H,20,21). The number of hydrogen-bond acceptors (Lipinski definition) is 5.